The normalized spacial score (nSPS) is 28.5. The lowest BCUT2D eigenvalue weighted by atomic mass is 9.70. The zero-order valence-corrected chi connectivity index (χ0v) is 19.8. The smallest absolute Gasteiger partial charge is 0.172 e. The summed E-state index contributed by atoms with van der Waals surface area (Å²) >= 11 is 0. The van der Waals surface area contributed by atoms with Crippen LogP contribution in [-0.4, -0.2) is 53.3 Å². The number of hydrogen-bond donors (Lipinski definition) is 4. The zero-order chi connectivity index (χ0) is 23.8. The fourth-order valence-corrected chi connectivity index (χ4v) is 5.99. The predicted octanol–water partition coefficient (Wildman–Crippen LogP) is 2.60. The molecule has 2 unspecified atom stereocenters. The highest BCUT2D eigenvalue weighted by Gasteiger charge is 2.50. The molecule has 0 spiro atoms. The number of phenols is 1. The molecule has 178 valence electrons. The van der Waals surface area contributed by atoms with Crippen molar-refractivity contribution >= 4 is 5.78 Å². The minimum atomic E-state index is -0.939. The highest BCUT2D eigenvalue weighted by Crippen LogP contribution is 2.38. The van der Waals surface area contributed by atoms with Crippen LogP contribution in [0.15, 0.2) is 42.5 Å². The molecule has 4 rings (SSSR count). The van der Waals surface area contributed by atoms with Crippen molar-refractivity contribution in [3.05, 3.63) is 65.0 Å². The van der Waals surface area contributed by atoms with E-state index in [0.717, 1.165) is 31.5 Å². The second kappa shape index (κ2) is 9.53. The molecule has 2 saturated heterocycles. The SMILES string of the molecule is Cc1c(F)cccc1[C@@H]1C[C@@H](C(C)(C)O)[NH+](C2CCCNC2)C[C@@H]1C(=O)c1cccc(O)c1. The van der Waals surface area contributed by atoms with Crippen LogP contribution in [0.25, 0.3) is 0 Å². The van der Waals surface area contributed by atoms with Gasteiger partial charge in [-0.1, -0.05) is 24.3 Å². The molecule has 2 fully saturated rings. The molecular weight excluding hydrogens is 419 g/mol. The topological polar surface area (TPSA) is 74.0 Å². The number of quaternary nitrogens is 1. The summed E-state index contributed by atoms with van der Waals surface area (Å²) in [5.74, 6) is -0.836. The summed E-state index contributed by atoms with van der Waals surface area (Å²) < 4.78 is 14.6. The van der Waals surface area contributed by atoms with Crippen LogP contribution in [0, 0.1) is 18.7 Å². The lowest BCUT2D eigenvalue weighted by Crippen LogP contribution is -3.23. The second-order valence-corrected chi connectivity index (χ2v) is 10.3. The maximum atomic E-state index is 14.6. The molecule has 2 aliphatic heterocycles. The van der Waals surface area contributed by atoms with Crippen molar-refractivity contribution in [1.82, 2.24) is 5.32 Å². The molecule has 2 aromatic rings. The number of nitrogens with one attached hydrogen (secondary N) is 2. The fourth-order valence-electron chi connectivity index (χ4n) is 5.99. The Bertz CT molecular complexity index is 997. The highest BCUT2D eigenvalue weighted by molar-refractivity contribution is 5.99. The summed E-state index contributed by atoms with van der Waals surface area (Å²) in [4.78, 5) is 15.1. The fraction of sp³-hybridized carbons (Fsp3) is 0.519. The molecule has 2 heterocycles. The van der Waals surface area contributed by atoms with Crippen molar-refractivity contribution in [2.75, 3.05) is 19.6 Å². The molecule has 4 N–H and O–H groups in total. The van der Waals surface area contributed by atoms with Gasteiger partial charge < -0.3 is 20.4 Å². The lowest BCUT2D eigenvalue weighted by Gasteiger charge is -2.49. The van der Waals surface area contributed by atoms with Crippen LogP contribution in [0.4, 0.5) is 4.39 Å². The number of halogens is 1. The molecule has 6 heteroatoms. The van der Waals surface area contributed by atoms with Crippen molar-refractivity contribution in [3.8, 4) is 5.75 Å². The molecule has 0 radical (unpaired) electrons. The number of carbonyl (C=O) groups excluding carboxylic acids is 1. The van der Waals surface area contributed by atoms with E-state index < -0.39 is 5.60 Å². The molecule has 5 nitrogen and oxygen atoms in total. The van der Waals surface area contributed by atoms with E-state index in [9.17, 15) is 19.4 Å². The van der Waals surface area contributed by atoms with Gasteiger partial charge in [0.15, 0.2) is 5.78 Å². The summed E-state index contributed by atoms with van der Waals surface area (Å²) in [7, 11) is 0. The van der Waals surface area contributed by atoms with E-state index in [0.29, 0.717) is 30.1 Å². The average Bonchev–Trinajstić information content (AvgIpc) is 2.79. The van der Waals surface area contributed by atoms with Crippen LogP contribution < -0.4 is 10.2 Å². The number of hydrogen-bond acceptors (Lipinski definition) is 4. The van der Waals surface area contributed by atoms with E-state index >= 15 is 0 Å². The molecule has 5 atom stereocenters. The summed E-state index contributed by atoms with van der Waals surface area (Å²) in [6, 6.07) is 11.8. The summed E-state index contributed by atoms with van der Waals surface area (Å²) in [6.45, 7) is 7.88. The number of aromatic hydroxyl groups is 1. The molecule has 0 aliphatic carbocycles. The van der Waals surface area contributed by atoms with E-state index in [2.05, 4.69) is 5.32 Å². The second-order valence-electron chi connectivity index (χ2n) is 10.3. The number of phenolic OH excluding ortho intramolecular Hbond substituents is 1. The quantitative estimate of drug-likeness (QED) is 0.523. The van der Waals surface area contributed by atoms with Crippen molar-refractivity contribution in [2.45, 2.75) is 63.6 Å². The van der Waals surface area contributed by atoms with Crippen molar-refractivity contribution in [1.29, 1.82) is 0 Å². The predicted molar refractivity (Wildman–Crippen MR) is 126 cm³/mol. The first kappa shape index (κ1) is 23.9. The third-order valence-electron chi connectivity index (χ3n) is 7.73. The van der Waals surface area contributed by atoms with Gasteiger partial charge in [0, 0.05) is 30.9 Å². The van der Waals surface area contributed by atoms with Crippen LogP contribution in [-0.2, 0) is 0 Å². The number of carbonyl (C=O) groups is 1. The van der Waals surface area contributed by atoms with Gasteiger partial charge in [0.2, 0.25) is 0 Å². The minimum absolute atomic E-state index is 0.0324. The lowest BCUT2D eigenvalue weighted by molar-refractivity contribution is -0.963. The molecule has 0 amide bonds. The van der Waals surface area contributed by atoms with Crippen LogP contribution in [0.5, 0.6) is 5.75 Å². The van der Waals surface area contributed by atoms with E-state index in [-0.39, 0.29) is 35.2 Å². The summed E-state index contributed by atoms with van der Waals surface area (Å²) in [5.41, 5.74) is 0.935. The van der Waals surface area contributed by atoms with E-state index in [1.807, 2.05) is 19.9 Å². The zero-order valence-electron chi connectivity index (χ0n) is 19.8. The van der Waals surface area contributed by atoms with Gasteiger partial charge in [-0.25, -0.2) is 4.39 Å². The maximum Gasteiger partial charge on any atom is 0.172 e. The first-order valence-electron chi connectivity index (χ1n) is 12.0. The number of piperidine rings is 2. The van der Waals surface area contributed by atoms with Crippen molar-refractivity contribution in [3.63, 3.8) is 0 Å². The standard InChI is InChI=1S/C27H35FN2O3/c1-17-21(10-5-11-24(17)28)22-14-25(27(2,3)33)30(19-8-6-12-29-15-19)16-23(22)26(32)18-7-4-9-20(31)13-18/h4-5,7,9-11,13,19,22-23,25,29,31,33H,6,8,12,14-16H2,1-3H3/p+1/t19?,22-,23-,25-/m0/s1. The van der Waals surface area contributed by atoms with Crippen LogP contribution >= 0.6 is 0 Å². The van der Waals surface area contributed by atoms with Gasteiger partial charge in [-0.05, 0) is 63.1 Å². The van der Waals surface area contributed by atoms with Gasteiger partial charge in [-0.3, -0.25) is 4.79 Å². The summed E-state index contributed by atoms with van der Waals surface area (Å²) in [5, 5.41) is 24.6. The van der Waals surface area contributed by atoms with Crippen molar-refractivity contribution < 1.29 is 24.3 Å². The Morgan fingerprint density at radius 1 is 1.21 bits per heavy atom. The van der Waals surface area contributed by atoms with E-state index in [1.54, 1.807) is 31.2 Å². The number of Topliss-reactive ketones (excluding diaryl/α,β-unsaturated/α-hetero) is 1. The number of ketones is 1. The van der Waals surface area contributed by atoms with Crippen LogP contribution in [0.2, 0.25) is 0 Å². The summed E-state index contributed by atoms with van der Waals surface area (Å²) in [6.07, 6.45) is 2.71. The van der Waals surface area contributed by atoms with E-state index in [1.165, 1.54) is 17.0 Å². The molecule has 33 heavy (non-hydrogen) atoms. The molecule has 0 saturated carbocycles. The third kappa shape index (κ3) is 4.98. The molecule has 2 aromatic carbocycles. The molecular formula is C27H36FN2O3+. The van der Waals surface area contributed by atoms with Crippen LogP contribution in [0.3, 0.4) is 0 Å². The monoisotopic (exact) mass is 455 g/mol. The Morgan fingerprint density at radius 3 is 2.64 bits per heavy atom. The third-order valence-corrected chi connectivity index (χ3v) is 7.73. The number of aliphatic hydroxyl groups is 1. The van der Waals surface area contributed by atoms with E-state index in [4.69, 9.17) is 0 Å². The largest absolute Gasteiger partial charge is 0.508 e. The molecule has 0 aromatic heterocycles. The number of likely N-dealkylation sites (tertiary alicyclic amines) is 1. The molecule has 0 bridgehead atoms. The van der Waals surface area contributed by atoms with Gasteiger partial charge in [-0.2, -0.15) is 0 Å². The Balaban J connectivity index is 1.78. The van der Waals surface area contributed by atoms with Gasteiger partial charge in [0.1, 0.15) is 29.3 Å². The van der Waals surface area contributed by atoms with Gasteiger partial charge in [-0.15, -0.1) is 0 Å². The first-order chi connectivity index (χ1) is 15.7. The molecule has 2 aliphatic rings. The highest BCUT2D eigenvalue weighted by atomic mass is 19.1. The first-order valence-corrected chi connectivity index (χ1v) is 12.0. The Kier molecular flexibility index (Phi) is 6.89. The van der Waals surface area contributed by atoms with Gasteiger partial charge in [0.05, 0.1) is 12.5 Å². The minimum Gasteiger partial charge on any atom is -0.508 e. The van der Waals surface area contributed by atoms with Gasteiger partial charge in [0.25, 0.3) is 0 Å². The number of rotatable bonds is 5. The maximum absolute atomic E-state index is 14.6. The van der Waals surface area contributed by atoms with Gasteiger partial charge >= 0.3 is 0 Å². The number of benzene rings is 2. The van der Waals surface area contributed by atoms with Crippen molar-refractivity contribution in [2.24, 2.45) is 5.92 Å². The Labute approximate surface area is 195 Å². The van der Waals surface area contributed by atoms with Crippen LogP contribution in [0.1, 0.15) is 60.5 Å². The Hall–Kier alpha value is -2.28. The Morgan fingerprint density at radius 2 is 1.97 bits per heavy atom. The average molecular weight is 456 g/mol.